The number of anilines is 5. The second-order valence-corrected chi connectivity index (χ2v) is 5.65. The van der Waals surface area contributed by atoms with Crippen LogP contribution in [0.1, 0.15) is 0 Å². The molecule has 0 amide bonds. The molecule has 0 saturated heterocycles. The lowest BCUT2D eigenvalue weighted by atomic mass is 10.2. The normalized spacial score (nSPS) is 9.78. The van der Waals surface area contributed by atoms with E-state index in [2.05, 4.69) is 20.6 Å². The molecule has 0 fully saturated rings. The Morgan fingerprint density at radius 1 is 0.630 bits per heavy atom. The molecule has 7 heteroatoms. The number of nitrogen functional groups attached to an aromatic ring is 1. The summed E-state index contributed by atoms with van der Waals surface area (Å²) in [6, 6.07) is 25.4. The molecule has 27 heavy (non-hydrogen) atoms. The van der Waals surface area contributed by atoms with Gasteiger partial charge in [0.2, 0.25) is 5.95 Å². The lowest BCUT2D eigenvalue weighted by Gasteiger charge is -2.12. The van der Waals surface area contributed by atoms with Gasteiger partial charge in [-0.05, 0) is 48.5 Å². The van der Waals surface area contributed by atoms with Crippen LogP contribution < -0.4 is 16.4 Å². The number of nitrogens with one attached hydrogen (secondary N) is 2. The van der Waals surface area contributed by atoms with Crippen LogP contribution in [0.15, 0.2) is 78.9 Å². The number of rotatable bonds is 4. The van der Waals surface area contributed by atoms with Crippen molar-refractivity contribution < 1.29 is 0 Å². The molecule has 0 saturated carbocycles. The lowest BCUT2D eigenvalue weighted by molar-refractivity contribution is 1.21. The highest BCUT2D eigenvalue weighted by atomic mass is 35.5. The number of halogens is 2. The molecular weight excluding hydrogens is 381 g/mol. The standard InChI is InChI=1S/C20H17N5.2ClH/c21-14-10-12-16(13-11-14)23-20-24-18-9-5-4-8-17(18)19(25-20)22-15-6-2-1-3-7-15;;/h1-13H,21H2,(H2,22,23,24,25);2*1H. The van der Waals surface area contributed by atoms with Crippen molar-refractivity contribution in [1.82, 2.24) is 9.97 Å². The minimum atomic E-state index is 0. The predicted octanol–water partition coefficient (Wildman–Crippen LogP) is 5.54. The molecule has 0 bridgehead atoms. The zero-order valence-corrected chi connectivity index (χ0v) is 15.9. The monoisotopic (exact) mass is 399 g/mol. The number of fused-ring (bicyclic) bond motifs is 1. The fourth-order valence-corrected chi connectivity index (χ4v) is 2.58. The Labute approximate surface area is 169 Å². The van der Waals surface area contributed by atoms with Crippen LogP contribution >= 0.6 is 24.8 Å². The van der Waals surface area contributed by atoms with Gasteiger partial charge in [0, 0.05) is 22.4 Å². The Kier molecular flexibility index (Phi) is 6.82. The molecule has 0 aliphatic rings. The first kappa shape index (κ1) is 20.3. The molecule has 0 unspecified atom stereocenters. The molecule has 1 heterocycles. The van der Waals surface area contributed by atoms with Crippen molar-refractivity contribution in [1.29, 1.82) is 0 Å². The third-order valence-corrected chi connectivity index (χ3v) is 3.81. The van der Waals surface area contributed by atoms with E-state index in [0.29, 0.717) is 5.95 Å². The Morgan fingerprint density at radius 2 is 1.26 bits per heavy atom. The number of para-hydroxylation sites is 2. The Balaban J connectivity index is 0.00000131. The lowest BCUT2D eigenvalue weighted by Crippen LogP contribution is -2.02. The smallest absolute Gasteiger partial charge is 0.229 e. The molecular formula is C20H19Cl2N5. The summed E-state index contributed by atoms with van der Waals surface area (Å²) in [6.45, 7) is 0. The van der Waals surface area contributed by atoms with Crippen LogP contribution in [0.2, 0.25) is 0 Å². The van der Waals surface area contributed by atoms with Gasteiger partial charge in [-0.1, -0.05) is 30.3 Å². The van der Waals surface area contributed by atoms with Gasteiger partial charge in [-0.3, -0.25) is 0 Å². The molecule has 1 aromatic heterocycles. The molecule has 5 nitrogen and oxygen atoms in total. The summed E-state index contributed by atoms with van der Waals surface area (Å²) < 4.78 is 0. The van der Waals surface area contributed by atoms with Crippen LogP contribution in [0, 0.1) is 0 Å². The third-order valence-electron chi connectivity index (χ3n) is 3.81. The maximum atomic E-state index is 5.74. The van der Waals surface area contributed by atoms with Crippen LogP contribution in [0.25, 0.3) is 10.9 Å². The summed E-state index contributed by atoms with van der Waals surface area (Å²) in [5.41, 5.74) is 9.18. The summed E-state index contributed by atoms with van der Waals surface area (Å²) in [4.78, 5) is 9.25. The van der Waals surface area contributed by atoms with Crippen molar-refractivity contribution in [3.05, 3.63) is 78.9 Å². The SMILES string of the molecule is Cl.Cl.Nc1ccc(Nc2nc(Nc3ccccc3)c3ccccc3n2)cc1. The minimum Gasteiger partial charge on any atom is -0.399 e. The Morgan fingerprint density at radius 3 is 2.00 bits per heavy atom. The van der Waals surface area contributed by atoms with Gasteiger partial charge in [0.05, 0.1) is 5.52 Å². The molecule has 0 spiro atoms. The summed E-state index contributed by atoms with van der Waals surface area (Å²) >= 11 is 0. The van der Waals surface area contributed by atoms with Gasteiger partial charge in [-0.25, -0.2) is 4.98 Å². The maximum absolute atomic E-state index is 5.74. The highest BCUT2D eigenvalue weighted by molar-refractivity contribution is 5.92. The fourth-order valence-electron chi connectivity index (χ4n) is 2.58. The molecule has 0 aliphatic carbocycles. The average molecular weight is 400 g/mol. The topological polar surface area (TPSA) is 75.9 Å². The Bertz CT molecular complexity index is 1010. The van der Waals surface area contributed by atoms with Crippen LogP contribution in [0.3, 0.4) is 0 Å². The molecule has 4 rings (SSSR count). The number of aromatic nitrogens is 2. The van der Waals surface area contributed by atoms with Crippen molar-refractivity contribution in [2.24, 2.45) is 0 Å². The number of hydrogen-bond donors (Lipinski definition) is 3. The molecule has 4 N–H and O–H groups in total. The first-order valence-electron chi connectivity index (χ1n) is 7.99. The average Bonchev–Trinajstić information content (AvgIpc) is 2.65. The quantitative estimate of drug-likeness (QED) is 0.392. The van der Waals surface area contributed by atoms with E-state index in [1.54, 1.807) is 0 Å². The predicted molar refractivity (Wildman–Crippen MR) is 118 cm³/mol. The van der Waals surface area contributed by atoms with Crippen LogP contribution in [-0.4, -0.2) is 9.97 Å². The van der Waals surface area contributed by atoms with Crippen molar-refractivity contribution in [2.75, 3.05) is 16.4 Å². The van der Waals surface area contributed by atoms with Gasteiger partial charge in [-0.2, -0.15) is 4.98 Å². The number of nitrogens with two attached hydrogens (primary N) is 1. The summed E-state index contributed by atoms with van der Waals surface area (Å²) in [6.07, 6.45) is 0. The van der Waals surface area contributed by atoms with Gasteiger partial charge in [0.25, 0.3) is 0 Å². The van der Waals surface area contributed by atoms with Crippen molar-refractivity contribution in [3.63, 3.8) is 0 Å². The van der Waals surface area contributed by atoms with E-state index in [0.717, 1.165) is 33.8 Å². The van der Waals surface area contributed by atoms with Crippen molar-refractivity contribution in [3.8, 4) is 0 Å². The molecule has 0 atom stereocenters. The van der Waals surface area contributed by atoms with Crippen molar-refractivity contribution >= 4 is 64.5 Å². The van der Waals surface area contributed by atoms with Gasteiger partial charge < -0.3 is 16.4 Å². The molecule has 3 aromatic carbocycles. The van der Waals surface area contributed by atoms with Crippen LogP contribution in [0.5, 0.6) is 0 Å². The number of nitrogens with zero attached hydrogens (tertiary/aromatic N) is 2. The second kappa shape index (κ2) is 9.07. The van der Waals surface area contributed by atoms with E-state index in [4.69, 9.17) is 5.73 Å². The molecule has 4 aromatic rings. The summed E-state index contributed by atoms with van der Waals surface area (Å²) in [5, 5.41) is 7.57. The fraction of sp³-hybridized carbons (Fsp3) is 0. The van der Waals surface area contributed by atoms with E-state index < -0.39 is 0 Å². The van der Waals surface area contributed by atoms with Gasteiger partial charge >= 0.3 is 0 Å². The third kappa shape index (κ3) is 4.78. The first-order chi connectivity index (χ1) is 12.3. The van der Waals surface area contributed by atoms with E-state index in [-0.39, 0.29) is 24.8 Å². The zero-order chi connectivity index (χ0) is 17.1. The van der Waals surface area contributed by atoms with E-state index in [9.17, 15) is 0 Å². The van der Waals surface area contributed by atoms with E-state index in [1.165, 1.54) is 0 Å². The van der Waals surface area contributed by atoms with Crippen molar-refractivity contribution in [2.45, 2.75) is 0 Å². The largest absolute Gasteiger partial charge is 0.399 e. The number of benzene rings is 3. The summed E-state index contributed by atoms with van der Waals surface area (Å²) in [7, 11) is 0. The molecule has 0 radical (unpaired) electrons. The van der Waals surface area contributed by atoms with E-state index >= 15 is 0 Å². The minimum absolute atomic E-state index is 0. The summed E-state index contributed by atoms with van der Waals surface area (Å²) in [5.74, 6) is 1.29. The van der Waals surface area contributed by atoms with E-state index in [1.807, 2.05) is 78.9 Å². The Hall–Kier alpha value is -3.02. The zero-order valence-electron chi connectivity index (χ0n) is 14.3. The van der Waals surface area contributed by atoms with Gasteiger partial charge in [-0.15, -0.1) is 24.8 Å². The van der Waals surface area contributed by atoms with Crippen LogP contribution in [-0.2, 0) is 0 Å². The van der Waals surface area contributed by atoms with Crippen LogP contribution in [0.4, 0.5) is 28.8 Å². The first-order valence-corrected chi connectivity index (χ1v) is 7.99. The highest BCUT2D eigenvalue weighted by Gasteiger charge is 2.08. The second-order valence-electron chi connectivity index (χ2n) is 5.65. The number of hydrogen-bond acceptors (Lipinski definition) is 5. The maximum Gasteiger partial charge on any atom is 0.229 e. The van der Waals surface area contributed by atoms with Gasteiger partial charge in [0.1, 0.15) is 5.82 Å². The molecule has 0 aliphatic heterocycles. The molecule has 138 valence electrons. The highest BCUT2D eigenvalue weighted by Crippen LogP contribution is 2.26. The van der Waals surface area contributed by atoms with Gasteiger partial charge in [0.15, 0.2) is 0 Å².